The second-order valence-electron chi connectivity index (χ2n) is 6.56. The molecule has 0 bridgehead atoms. The smallest absolute Gasteiger partial charge is 0.352 e. The highest BCUT2D eigenvalue weighted by atomic mass is 16.4. The van der Waals surface area contributed by atoms with Crippen molar-refractivity contribution < 1.29 is 34.5 Å². The third kappa shape index (κ3) is 2.54. The van der Waals surface area contributed by atoms with Crippen LogP contribution in [0.4, 0.5) is 0 Å². The number of H-pyrrole nitrogens is 1. The molecule has 3 heterocycles. The fraction of sp³-hybridized carbons (Fsp3) is 0.111. The van der Waals surface area contributed by atoms with E-state index in [9.17, 15) is 39.3 Å². The number of carbonyl (C=O) groups is 4. The molecule has 3 aromatic heterocycles. The third-order valence-electron chi connectivity index (χ3n) is 4.78. The van der Waals surface area contributed by atoms with Crippen LogP contribution in [0.2, 0.25) is 0 Å². The van der Waals surface area contributed by atoms with Crippen molar-refractivity contribution in [2.45, 2.75) is 12.8 Å². The first-order chi connectivity index (χ1) is 14.1. The van der Waals surface area contributed by atoms with Crippen molar-refractivity contribution in [1.29, 1.82) is 0 Å². The number of fused-ring (bicyclic) bond motifs is 2. The number of carboxylic acids is 3. The minimum absolute atomic E-state index is 0.0337. The molecule has 0 saturated heterocycles. The zero-order valence-electron chi connectivity index (χ0n) is 14.9. The molecule has 1 aromatic carbocycles. The average Bonchev–Trinajstić information content (AvgIpc) is 3.27. The number of hydrogen-bond acceptors (Lipinski definition) is 6. The molecular weight excluding hydrogens is 400 g/mol. The number of amides is 1. The van der Waals surface area contributed by atoms with E-state index >= 15 is 0 Å². The van der Waals surface area contributed by atoms with Crippen LogP contribution in [-0.2, 0) is 11.2 Å². The number of nitrogens with zero attached hydrogens (tertiary/aromatic N) is 2. The van der Waals surface area contributed by atoms with Gasteiger partial charge in [0.25, 0.3) is 0 Å². The van der Waals surface area contributed by atoms with E-state index in [4.69, 9.17) is 5.73 Å². The number of carboxylic acid groups (broad SMARTS) is 3. The van der Waals surface area contributed by atoms with Crippen molar-refractivity contribution in [3.63, 3.8) is 0 Å². The summed E-state index contributed by atoms with van der Waals surface area (Å²) in [7, 11) is 0. The number of aryl methyl sites for hydroxylation is 1. The molecule has 0 atom stereocenters. The number of carbonyl (C=O) groups excluding carboxylic acids is 1. The van der Waals surface area contributed by atoms with Crippen LogP contribution in [-0.4, -0.2) is 53.5 Å². The Morgan fingerprint density at radius 1 is 1.07 bits per heavy atom. The number of nitrogens with two attached hydrogens (primary N) is 1. The van der Waals surface area contributed by atoms with Gasteiger partial charge in [0.1, 0.15) is 22.7 Å². The van der Waals surface area contributed by atoms with Gasteiger partial charge in [0, 0.05) is 18.2 Å². The maximum absolute atomic E-state index is 13.0. The Kier molecular flexibility index (Phi) is 3.94. The van der Waals surface area contributed by atoms with Gasteiger partial charge in [-0.25, -0.2) is 19.4 Å². The number of benzene rings is 1. The number of aromatic nitrogens is 3. The summed E-state index contributed by atoms with van der Waals surface area (Å²) in [6, 6.07) is 1.96. The van der Waals surface area contributed by atoms with Crippen molar-refractivity contribution in [3.05, 3.63) is 45.1 Å². The van der Waals surface area contributed by atoms with Crippen LogP contribution in [0.3, 0.4) is 0 Å². The van der Waals surface area contributed by atoms with E-state index in [1.807, 2.05) is 0 Å². The van der Waals surface area contributed by atoms with Gasteiger partial charge in [0.15, 0.2) is 0 Å². The van der Waals surface area contributed by atoms with Gasteiger partial charge in [-0.1, -0.05) is 0 Å². The molecule has 152 valence electrons. The van der Waals surface area contributed by atoms with E-state index in [0.29, 0.717) is 0 Å². The van der Waals surface area contributed by atoms with Crippen molar-refractivity contribution >= 4 is 51.1 Å². The zero-order chi connectivity index (χ0) is 21.9. The number of primary amides is 1. The van der Waals surface area contributed by atoms with Crippen LogP contribution >= 0.6 is 0 Å². The number of aromatic amines is 1. The summed E-state index contributed by atoms with van der Waals surface area (Å²) in [6.07, 6.45) is -0.277. The Morgan fingerprint density at radius 2 is 1.77 bits per heavy atom. The first-order valence-corrected chi connectivity index (χ1v) is 8.46. The minimum atomic E-state index is -1.48. The second kappa shape index (κ2) is 6.27. The number of rotatable bonds is 6. The van der Waals surface area contributed by atoms with Gasteiger partial charge in [0.05, 0.1) is 22.0 Å². The maximum Gasteiger partial charge on any atom is 0.352 e. The molecule has 4 rings (SSSR count). The molecule has 0 unspecified atom stereocenters. The van der Waals surface area contributed by atoms with Crippen molar-refractivity contribution in [2.75, 3.05) is 0 Å². The summed E-state index contributed by atoms with van der Waals surface area (Å²) >= 11 is 0. The van der Waals surface area contributed by atoms with E-state index in [-0.39, 0.29) is 51.7 Å². The van der Waals surface area contributed by atoms with Crippen LogP contribution in [0.5, 0.6) is 0 Å². The first kappa shape index (κ1) is 18.9. The summed E-state index contributed by atoms with van der Waals surface area (Å²) in [5.74, 6) is -4.97. The van der Waals surface area contributed by atoms with Crippen molar-refractivity contribution in [2.24, 2.45) is 5.73 Å². The molecule has 6 N–H and O–H groups in total. The molecule has 0 spiro atoms. The lowest BCUT2D eigenvalue weighted by Gasteiger charge is -2.10. The van der Waals surface area contributed by atoms with Crippen LogP contribution < -0.4 is 11.2 Å². The van der Waals surface area contributed by atoms with E-state index in [0.717, 1.165) is 16.5 Å². The number of aromatic carboxylic acids is 3. The van der Waals surface area contributed by atoms with Crippen LogP contribution in [0.15, 0.2) is 16.9 Å². The van der Waals surface area contributed by atoms with Gasteiger partial charge in [-0.2, -0.15) is 0 Å². The summed E-state index contributed by atoms with van der Waals surface area (Å²) in [4.78, 5) is 65.9. The van der Waals surface area contributed by atoms with E-state index in [1.54, 1.807) is 0 Å². The van der Waals surface area contributed by atoms with Gasteiger partial charge in [-0.15, -0.1) is 0 Å². The van der Waals surface area contributed by atoms with Gasteiger partial charge in [-0.05, 0) is 12.1 Å². The minimum Gasteiger partial charge on any atom is -0.478 e. The normalized spacial score (nSPS) is 11.5. The molecule has 0 aliphatic carbocycles. The molecule has 0 saturated carbocycles. The van der Waals surface area contributed by atoms with Crippen LogP contribution in [0.1, 0.15) is 43.6 Å². The average molecular weight is 412 g/mol. The zero-order valence-corrected chi connectivity index (χ0v) is 14.9. The van der Waals surface area contributed by atoms with E-state index in [1.165, 1.54) is 0 Å². The Hall–Kier alpha value is -4.48. The molecule has 12 heteroatoms. The molecule has 0 aliphatic heterocycles. The molecule has 0 radical (unpaired) electrons. The van der Waals surface area contributed by atoms with Gasteiger partial charge in [-0.3, -0.25) is 14.0 Å². The SMILES string of the molecule is NC(=O)CCc1nc2c(=O)c3cc(C(=O)O)[nH]c3c3c(C(=O)O)cc(C(=O)O)n1c23. The number of imidazole rings is 1. The number of hydrogen-bond donors (Lipinski definition) is 5. The summed E-state index contributed by atoms with van der Waals surface area (Å²) in [5.41, 5.74) is 2.78. The number of pyridine rings is 1. The molecule has 4 aromatic rings. The topological polar surface area (TPSA) is 205 Å². The molecule has 30 heavy (non-hydrogen) atoms. The predicted octanol–water partition coefficient (Wildman–Crippen LogP) is 0.279. The third-order valence-corrected chi connectivity index (χ3v) is 4.78. The Morgan fingerprint density at radius 3 is 2.33 bits per heavy atom. The molecular formula is C18H12N4O8. The molecule has 12 nitrogen and oxygen atoms in total. The Bertz CT molecular complexity index is 1480. The van der Waals surface area contributed by atoms with E-state index in [2.05, 4.69) is 9.97 Å². The number of nitrogens with one attached hydrogen (secondary N) is 1. The highest BCUT2D eigenvalue weighted by molar-refractivity contribution is 6.20. The van der Waals surface area contributed by atoms with Crippen LogP contribution in [0.25, 0.3) is 27.3 Å². The molecule has 1 amide bonds. The highest BCUT2D eigenvalue weighted by Crippen LogP contribution is 2.32. The standard InChI is InChI=1S/C18H12N4O8/c19-9(23)1-2-10-21-13-14-11(5(16(25)26)4-8(18(29)30)22(10)14)12-6(15(13)24)3-7(20-12)17(27)28/h3-4,20H,1-2H2,(H2,19,23)(H,25,26)(H,27,28)(H,29,30). The quantitative estimate of drug-likeness (QED) is 0.294. The largest absolute Gasteiger partial charge is 0.478 e. The van der Waals surface area contributed by atoms with Gasteiger partial charge in [0.2, 0.25) is 11.3 Å². The summed E-state index contributed by atoms with van der Waals surface area (Å²) in [5, 5.41) is 28.4. The first-order valence-electron chi connectivity index (χ1n) is 8.46. The summed E-state index contributed by atoms with van der Waals surface area (Å²) < 4.78 is 1.09. The van der Waals surface area contributed by atoms with Crippen LogP contribution in [0, 0.1) is 0 Å². The van der Waals surface area contributed by atoms with Crippen molar-refractivity contribution in [3.8, 4) is 0 Å². The Balaban J connectivity index is 2.28. The lowest BCUT2D eigenvalue weighted by atomic mass is 10.0. The predicted molar refractivity (Wildman–Crippen MR) is 100 cm³/mol. The fourth-order valence-electron chi connectivity index (χ4n) is 3.57. The Labute approximate surface area is 164 Å². The highest BCUT2D eigenvalue weighted by Gasteiger charge is 2.28. The monoisotopic (exact) mass is 412 g/mol. The second-order valence-corrected chi connectivity index (χ2v) is 6.56. The fourth-order valence-corrected chi connectivity index (χ4v) is 3.57. The molecule has 0 aliphatic rings. The molecule has 0 fully saturated rings. The van der Waals surface area contributed by atoms with Gasteiger partial charge < -0.3 is 26.0 Å². The van der Waals surface area contributed by atoms with E-state index < -0.39 is 40.5 Å². The van der Waals surface area contributed by atoms with Crippen molar-refractivity contribution in [1.82, 2.24) is 14.4 Å². The summed E-state index contributed by atoms with van der Waals surface area (Å²) in [6.45, 7) is 0. The maximum atomic E-state index is 13.0. The lowest BCUT2D eigenvalue weighted by Crippen LogP contribution is -2.15. The van der Waals surface area contributed by atoms with Gasteiger partial charge >= 0.3 is 17.9 Å². The lowest BCUT2D eigenvalue weighted by molar-refractivity contribution is -0.118.